The maximum atomic E-state index is 12.2. The molecule has 0 saturated heterocycles. The number of hydrogen-bond acceptors (Lipinski definition) is 3. The second-order valence-corrected chi connectivity index (χ2v) is 12.6. The van der Waals surface area contributed by atoms with E-state index < -0.39 is 0 Å². The van der Waals surface area contributed by atoms with Gasteiger partial charge in [0, 0.05) is 47.8 Å². The molecule has 2 heterocycles. The summed E-state index contributed by atoms with van der Waals surface area (Å²) in [6, 6.07) is 57.0. The van der Waals surface area contributed by atoms with Crippen LogP contribution in [-0.4, -0.2) is 9.77 Å². The lowest BCUT2D eigenvalue weighted by atomic mass is 9.99. The van der Waals surface area contributed by atoms with E-state index in [0.29, 0.717) is 0 Å². The third-order valence-electron chi connectivity index (χ3n) is 8.94. The smallest absolute Gasteiger partial charge is 0.0786 e. The van der Waals surface area contributed by atoms with Crippen molar-refractivity contribution in [2.24, 2.45) is 0 Å². The average molecular weight is 609 g/mol. The number of anilines is 2. The zero-order chi connectivity index (χ0) is 30.6. The second-order valence-electron chi connectivity index (χ2n) is 11.5. The number of thiophene rings is 1. The highest BCUT2D eigenvalue weighted by molar-refractivity contribution is 7.26. The molecule has 0 amide bonds. The molecule has 9 rings (SSSR count). The van der Waals surface area contributed by atoms with Crippen LogP contribution < -0.4 is 5.06 Å². The van der Waals surface area contributed by atoms with Gasteiger partial charge in [-0.05, 0) is 59.7 Å². The van der Waals surface area contributed by atoms with Crippen LogP contribution in [-0.2, 0) is 0 Å². The van der Waals surface area contributed by atoms with Crippen molar-refractivity contribution < 1.29 is 5.21 Å². The van der Waals surface area contributed by atoms with Crippen molar-refractivity contribution in [2.45, 2.75) is 0 Å². The van der Waals surface area contributed by atoms with Gasteiger partial charge < -0.3 is 4.57 Å². The molecule has 3 nitrogen and oxygen atoms in total. The topological polar surface area (TPSA) is 28.4 Å². The highest BCUT2D eigenvalue weighted by Crippen LogP contribution is 2.46. The van der Waals surface area contributed by atoms with Gasteiger partial charge in [0.25, 0.3) is 0 Å². The van der Waals surface area contributed by atoms with E-state index in [1.54, 1.807) is 11.3 Å². The first-order valence-electron chi connectivity index (χ1n) is 15.4. The van der Waals surface area contributed by atoms with Crippen LogP contribution in [0, 0.1) is 0 Å². The fraction of sp³-hybridized carbons (Fsp3) is 0. The Balaban J connectivity index is 1.27. The summed E-state index contributed by atoms with van der Waals surface area (Å²) in [5.41, 5.74) is 9.20. The highest BCUT2D eigenvalue weighted by atomic mass is 32.1. The number of aromatic nitrogens is 1. The van der Waals surface area contributed by atoms with Crippen LogP contribution in [0.25, 0.3) is 69.9 Å². The van der Waals surface area contributed by atoms with Crippen molar-refractivity contribution in [3.63, 3.8) is 0 Å². The van der Waals surface area contributed by atoms with Gasteiger partial charge in [-0.2, -0.15) is 0 Å². The van der Waals surface area contributed by atoms with Crippen molar-refractivity contribution in [3.05, 3.63) is 164 Å². The zero-order valence-electron chi connectivity index (χ0n) is 24.8. The minimum absolute atomic E-state index is 0.728. The van der Waals surface area contributed by atoms with Crippen molar-refractivity contribution in [1.82, 2.24) is 4.57 Å². The Morgan fingerprint density at radius 2 is 1.15 bits per heavy atom. The molecule has 218 valence electrons. The summed E-state index contributed by atoms with van der Waals surface area (Å²) in [5.74, 6) is 0. The van der Waals surface area contributed by atoms with Crippen molar-refractivity contribution in [1.29, 1.82) is 0 Å². The minimum Gasteiger partial charge on any atom is -0.309 e. The van der Waals surface area contributed by atoms with E-state index in [0.717, 1.165) is 60.3 Å². The minimum atomic E-state index is 0.728. The number of rotatable bonds is 5. The molecule has 9 aromatic rings. The predicted molar refractivity (Wildman–Crippen MR) is 195 cm³/mol. The van der Waals surface area contributed by atoms with Gasteiger partial charge in [-0.25, -0.2) is 5.06 Å². The molecule has 1 N–H and O–H groups in total. The first-order valence-corrected chi connectivity index (χ1v) is 16.2. The van der Waals surface area contributed by atoms with Gasteiger partial charge in [-0.3, -0.25) is 5.21 Å². The molecule has 4 heteroatoms. The van der Waals surface area contributed by atoms with E-state index in [9.17, 15) is 5.21 Å². The molecule has 0 unspecified atom stereocenters. The molecule has 0 radical (unpaired) electrons. The molecule has 0 aliphatic rings. The maximum Gasteiger partial charge on any atom is 0.0786 e. The normalized spacial score (nSPS) is 11.6. The molecule has 0 aliphatic carbocycles. The highest BCUT2D eigenvalue weighted by Gasteiger charge is 2.22. The molecule has 2 aromatic heterocycles. The van der Waals surface area contributed by atoms with Gasteiger partial charge in [0.05, 0.1) is 22.4 Å². The average Bonchev–Trinajstić information content (AvgIpc) is 3.68. The van der Waals surface area contributed by atoms with E-state index in [1.807, 2.05) is 36.4 Å². The molecule has 7 aromatic carbocycles. The molecular weight excluding hydrogens is 581 g/mol. The molecule has 0 bridgehead atoms. The van der Waals surface area contributed by atoms with E-state index in [1.165, 1.54) is 26.1 Å². The van der Waals surface area contributed by atoms with Gasteiger partial charge in [0.1, 0.15) is 0 Å². The van der Waals surface area contributed by atoms with E-state index in [-0.39, 0.29) is 0 Å². The fourth-order valence-corrected chi connectivity index (χ4v) is 8.00. The van der Waals surface area contributed by atoms with Crippen LogP contribution in [0.1, 0.15) is 0 Å². The molecule has 0 spiro atoms. The zero-order valence-corrected chi connectivity index (χ0v) is 25.7. The fourth-order valence-electron chi connectivity index (χ4n) is 6.89. The van der Waals surface area contributed by atoms with Crippen molar-refractivity contribution in [3.8, 4) is 27.9 Å². The molecule has 0 atom stereocenters. The Morgan fingerprint density at radius 3 is 2.02 bits per heavy atom. The standard InChI is InChI=1S/C42H28N2OS/c45-44(38-23-12-24-40-41(38)35-27-29(25-26-39(35)46-40)28-13-3-1-4-14-28)37-22-10-8-18-32(37)34-20-11-19-33-31-17-7-9-21-36(31)43(42(33)34)30-15-5-2-6-16-30/h1-27,45H. The largest absolute Gasteiger partial charge is 0.309 e. The summed E-state index contributed by atoms with van der Waals surface area (Å²) in [4.78, 5) is 0. The van der Waals surface area contributed by atoms with E-state index in [2.05, 4.69) is 132 Å². The Morgan fingerprint density at radius 1 is 0.478 bits per heavy atom. The summed E-state index contributed by atoms with van der Waals surface area (Å²) in [6.07, 6.45) is 0. The maximum absolute atomic E-state index is 12.2. The van der Waals surface area contributed by atoms with Crippen LogP contribution in [0.15, 0.2) is 164 Å². The molecular formula is C42H28N2OS. The van der Waals surface area contributed by atoms with Crippen LogP contribution in [0.3, 0.4) is 0 Å². The Kier molecular flexibility index (Phi) is 6.23. The SMILES string of the molecule is ON(c1ccccc1-c1cccc2c3ccccc3n(-c3ccccc3)c12)c1cccc2sc3ccc(-c4ccccc4)cc3c12. The van der Waals surface area contributed by atoms with Crippen LogP contribution in [0.2, 0.25) is 0 Å². The summed E-state index contributed by atoms with van der Waals surface area (Å²) in [6.45, 7) is 0. The summed E-state index contributed by atoms with van der Waals surface area (Å²) >= 11 is 1.76. The number of benzene rings is 7. The lowest BCUT2D eigenvalue weighted by molar-refractivity contribution is 0.302. The number of hydrogen-bond donors (Lipinski definition) is 1. The monoisotopic (exact) mass is 608 g/mol. The molecule has 46 heavy (non-hydrogen) atoms. The molecule has 0 saturated carbocycles. The lowest BCUT2D eigenvalue weighted by Crippen LogP contribution is -2.12. The summed E-state index contributed by atoms with van der Waals surface area (Å²) < 4.78 is 4.68. The van der Waals surface area contributed by atoms with E-state index in [4.69, 9.17) is 0 Å². The van der Waals surface area contributed by atoms with Gasteiger partial charge >= 0.3 is 0 Å². The van der Waals surface area contributed by atoms with Gasteiger partial charge in [-0.1, -0.05) is 115 Å². The number of nitrogens with zero attached hydrogens (tertiary/aromatic N) is 2. The van der Waals surface area contributed by atoms with Gasteiger partial charge in [0.15, 0.2) is 0 Å². The van der Waals surface area contributed by atoms with Crippen LogP contribution in [0.4, 0.5) is 11.4 Å². The van der Waals surface area contributed by atoms with Crippen LogP contribution in [0.5, 0.6) is 0 Å². The lowest BCUT2D eigenvalue weighted by Gasteiger charge is -2.22. The quantitative estimate of drug-likeness (QED) is 0.197. The predicted octanol–water partition coefficient (Wildman–Crippen LogP) is 12.0. The van der Waals surface area contributed by atoms with E-state index >= 15 is 0 Å². The molecule has 0 fully saturated rings. The molecule has 0 aliphatic heterocycles. The van der Waals surface area contributed by atoms with Crippen molar-refractivity contribution in [2.75, 3.05) is 5.06 Å². The number of fused-ring (bicyclic) bond motifs is 6. The van der Waals surface area contributed by atoms with Gasteiger partial charge in [-0.15, -0.1) is 11.3 Å². The van der Waals surface area contributed by atoms with Crippen LogP contribution >= 0.6 is 11.3 Å². The Labute approximate surface area is 270 Å². The number of para-hydroxylation sites is 4. The third-order valence-corrected chi connectivity index (χ3v) is 10.1. The first-order chi connectivity index (χ1) is 22.8. The Bertz CT molecular complexity index is 2550. The second kappa shape index (κ2) is 10.7. The summed E-state index contributed by atoms with van der Waals surface area (Å²) in [7, 11) is 0. The third kappa shape index (κ3) is 4.16. The van der Waals surface area contributed by atoms with Crippen molar-refractivity contribution >= 4 is 64.7 Å². The first kappa shape index (κ1) is 26.7. The summed E-state index contributed by atoms with van der Waals surface area (Å²) in [5, 5.41) is 18.2. The Hall–Kier alpha value is -5.68. The van der Waals surface area contributed by atoms with Gasteiger partial charge in [0.2, 0.25) is 0 Å².